The predicted octanol–water partition coefficient (Wildman–Crippen LogP) is 2.36. The average molecular weight is 398 g/mol. The lowest BCUT2D eigenvalue weighted by molar-refractivity contribution is -0.144. The second kappa shape index (κ2) is 10.5. The van der Waals surface area contributed by atoms with Gasteiger partial charge in [-0.3, -0.25) is 9.59 Å². The minimum absolute atomic E-state index is 0.0708. The standard InChI is InChI=1S/C21H22N2O6/c1-14(24)22-18(11-15-7-5-4-6-8-15)21(26)29-13-20(25)23-17-10-9-16(27-2)12-19(17)28-3/h4-12H,13H2,1-3H3,(H,22,24)(H,23,25)/b18-11+. The number of carbonyl (C=O) groups is 3. The molecule has 0 aliphatic carbocycles. The molecule has 0 unspecified atom stereocenters. The lowest BCUT2D eigenvalue weighted by Gasteiger charge is -2.12. The van der Waals surface area contributed by atoms with Gasteiger partial charge < -0.3 is 24.8 Å². The molecule has 2 aromatic carbocycles. The third-order valence-corrected chi connectivity index (χ3v) is 3.66. The number of carbonyl (C=O) groups excluding carboxylic acids is 3. The number of benzene rings is 2. The maximum absolute atomic E-state index is 12.3. The van der Waals surface area contributed by atoms with Gasteiger partial charge in [0, 0.05) is 13.0 Å². The predicted molar refractivity (Wildman–Crippen MR) is 107 cm³/mol. The molecular weight excluding hydrogens is 376 g/mol. The lowest BCUT2D eigenvalue weighted by Crippen LogP contribution is -2.29. The van der Waals surface area contributed by atoms with E-state index in [0.29, 0.717) is 22.7 Å². The van der Waals surface area contributed by atoms with Crippen LogP contribution in [-0.2, 0) is 19.1 Å². The lowest BCUT2D eigenvalue weighted by atomic mass is 10.2. The van der Waals surface area contributed by atoms with Crippen LogP contribution in [0.2, 0.25) is 0 Å². The zero-order valence-corrected chi connectivity index (χ0v) is 16.4. The summed E-state index contributed by atoms with van der Waals surface area (Å²) in [6.45, 7) is 0.731. The molecule has 0 bridgehead atoms. The minimum Gasteiger partial charge on any atom is -0.497 e. The van der Waals surface area contributed by atoms with E-state index >= 15 is 0 Å². The topological polar surface area (TPSA) is 103 Å². The van der Waals surface area contributed by atoms with Crippen molar-refractivity contribution in [2.45, 2.75) is 6.92 Å². The van der Waals surface area contributed by atoms with E-state index < -0.39 is 24.4 Å². The zero-order valence-electron chi connectivity index (χ0n) is 16.4. The van der Waals surface area contributed by atoms with Crippen molar-refractivity contribution in [3.8, 4) is 11.5 Å². The summed E-state index contributed by atoms with van der Waals surface area (Å²) in [4.78, 5) is 35.9. The fraction of sp³-hybridized carbons (Fsp3) is 0.190. The van der Waals surface area contributed by atoms with Crippen molar-refractivity contribution in [1.29, 1.82) is 0 Å². The first-order chi connectivity index (χ1) is 13.9. The van der Waals surface area contributed by atoms with E-state index in [-0.39, 0.29) is 5.70 Å². The van der Waals surface area contributed by atoms with Crippen molar-refractivity contribution >= 4 is 29.5 Å². The molecule has 0 aliphatic heterocycles. The van der Waals surface area contributed by atoms with E-state index in [9.17, 15) is 14.4 Å². The van der Waals surface area contributed by atoms with E-state index in [4.69, 9.17) is 14.2 Å². The normalized spacial score (nSPS) is 10.7. The number of methoxy groups -OCH3 is 2. The van der Waals surface area contributed by atoms with Crippen molar-refractivity contribution in [3.05, 3.63) is 59.8 Å². The number of ether oxygens (including phenoxy) is 3. The van der Waals surface area contributed by atoms with Gasteiger partial charge in [0.05, 0.1) is 19.9 Å². The van der Waals surface area contributed by atoms with Gasteiger partial charge in [-0.15, -0.1) is 0 Å². The minimum atomic E-state index is -0.833. The Morgan fingerprint density at radius 3 is 2.34 bits per heavy atom. The number of rotatable bonds is 8. The summed E-state index contributed by atoms with van der Waals surface area (Å²) in [5, 5.41) is 5.01. The summed E-state index contributed by atoms with van der Waals surface area (Å²) in [6, 6.07) is 13.8. The van der Waals surface area contributed by atoms with Crippen LogP contribution in [0.15, 0.2) is 54.2 Å². The number of hydrogen-bond donors (Lipinski definition) is 2. The number of esters is 1. The van der Waals surface area contributed by atoms with Gasteiger partial charge in [0.1, 0.15) is 17.2 Å². The molecule has 0 fully saturated rings. The van der Waals surface area contributed by atoms with Crippen molar-refractivity contribution < 1.29 is 28.6 Å². The molecule has 0 aromatic heterocycles. The Hall–Kier alpha value is -3.81. The molecule has 0 heterocycles. The molecule has 2 N–H and O–H groups in total. The fourth-order valence-corrected chi connectivity index (χ4v) is 2.35. The first-order valence-corrected chi connectivity index (χ1v) is 8.66. The Morgan fingerprint density at radius 1 is 1.00 bits per heavy atom. The van der Waals surface area contributed by atoms with Crippen LogP contribution >= 0.6 is 0 Å². The summed E-state index contributed by atoms with van der Waals surface area (Å²) in [5.41, 5.74) is 1.02. The van der Waals surface area contributed by atoms with Gasteiger partial charge in [-0.2, -0.15) is 0 Å². The molecule has 0 saturated carbocycles. The summed E-state index contributed by atoms with van der Waals surface area (Å²) in [5.74, 6) is -0.870. The molecule has 152 valence electrons. The SMILES string of the molecule is COc1ccc(NC(=O)COC(=O)/C(=C\c2ccccc2)NC(C)=O)c(OC)c1. The first-order valence-electron chi connectivity index (χ1n) is 8.66. The maximum atomic E-state index is 12.3. The summed E-state index contributed by atoms with van der Waals surface area (Å²) < 4.78 is 15.3. The smallest absolute Gasteiger partial charge is 0.355 e. The van der Waals surface area contributed by atoms with E-state index in [1.807, 2.05) is 6.07 Å². The van der Waals surface area contributed by atoms with Crippen LogP contribution in [0.1, 0.15) is 12.5 Å². The number of amides is 2. The monoisotopic (exact) mass is 398 g/mol. The molecule has 2 aromatic rings. The van der Waals surface area contributed by atoms with Gasteiger partial charge >= 0.3 is 5.97 Å². The molecule has 0 atom stereocenters. The molecule has 0 radical (unpaired) electrons. The highest BCUT2D eigenvalue weighted by Crippen LogP contribution is 2.28. The van der Waals surface area contributed by atoms with Crippen LogP contribution in [0.4, 0.5) is 5.69 Å². The second-order valence-electron chi connectivity index (χ2n) is 5.84. The highest BCUT2D eigenvalue weighted by atomic mass is 16.5. The highest BCUT2D eigenvalue weighted by Gasteiger charge is 2.16. The Morgan fingerprint density at radius 2 is 1.72 bits per heavy atom. The van der Waals surface area contributed by atoms with Crippen LogP contribution in [0.25, 0.3) is 6.08 Å². The number of nitrogens with one attached hydrogen (secondary N) is 2. The molecular formula is C21H22N2O6. The quantitative estimate of drug-likeness (QED) is 0.523. The van der Waals surface area contributed by atoms with E-state index in [0.717, 1.165) is 0 Å². The van der Waals surface area contributed by atoms with Gasteiger partial charge in [-0.05, 0) is 23.8 Å². The molecule has 2 rings (SSSR count). The van der Waals surface area contributed by atoms with Crippen molar-refractivity contribution in [2.75, 3.05) is 26.1 Å². The van der Waals surface area contributed by atoms with Gasteiger partial charge in [-0.25, -0.2) is 4.79 Å². The Balaban J connectivity index is 2.03. The van der Waals surface area contributed by atoms with Crippen LogP contribution in [-0.4, -0.2) is 38.6 Å². The van der Waals surface area contributed by atoms with Gasteiger partial charge in [-0.1, -0.05) is 30.3 Å². The third-order valence-electron chi connectivity index (χ3n) is 3.66. The van der Waals surface area contributed by atoms with E-state index in [1.165, 1.54) is 27.2 Å². The van der Waals surface area contributed by atoms with Crippen molar-refractivity contribution in [2.24, 2.45) is 0 Å². The molecule has 8 heteroatoms. The molecule has 0 saturated heterocycles. The van der Waals surface area contributed by atoms with Gasteiger partial charge in [0.25, 0.3) is 5.91 Å². The molecule has 0 aliphatic rings. The number of hydrogen-bond acceptors (Lipinski definition) is 6. The average Bonchev–Trinajstić information content (AvgIpc) is 2.72. The summed E-state index contributed by atoms with van der Waals surface area (Å²) >= 11 is 0. The molecule has 2 amide bonds. The van der Waals surface area contributed by atoms with E-state index in [2.05, 4.69) is 10.6 Å². The number of anilines is 1. The zero-order chi connectivity index (χ0) is 21.2. The molecule has 8 nitrogen and oxygen atoms in total. The van der Waals surface area contributed by atoms with Crippen LogP contribution in [0.5, 0.6) is 11.5 Å². The maximum Gasteiger partial charge on any atom is 0.355 e. The first kappa shape index (κ1) is 21.5. The van der Waals surface area contributed by atoms with Crippen LogP contribution < -0.4 is 20.1 Å². The van der Waals surface area contributed by atoms with Crippen LogP contribution in [0.3, 0.4) is 0 Å². The third kappa shape index (κ3) is 6.69. The fourth-order valence-electron chi connectivity index (χ4n) is 2.35. The highest BCUT2D eigenvalue weighted by molar-refractivity contribution is 6.00. The van der Waals surface area contributed by atoms with Crippen molar-refractivity contribution in [3.63, 3.8) is 0 Å². The Bertz CT molecular complexity index is 909. The second-order valence-corrected chi connectivity index (χ2v) is 5.84. The molecule has 29 heavy (non-hydrogen) atoms. The van der Waals surface area contributed by atoms with Crippen LogP contribution in [0, 0.1) is 0 Å². The summed E-state index contributed by atoms with van der Waals surface area (Å²) in [6.07, 6.45) is 1.47. The van der Waals surface area contributed by atoms with Crippen molar-refractivity contribution in [1.82, 2.24) is 5.32 Å². The Kier molecular flexibility index (Phi) is 7.78. The van der Waals surface area contributed by atoms with Gasteiger partial charge in [0.15, 0.2) is 6.61 Å². The Labute approximate surface area is 168 Å². The molecule has 0 spiro atoms. The summed E-state index contributed by atoms with van der Waals surface area (Å²) in [7, 11) is 2.97. The van der Waals surface area contributed by atoms with Gasteiger partial charge in [0.2, 0.25) is 5.91 Å². The van der Waals surface area contributed by atoms with E-state index in [1.54, 1.807) is 42.5 Å². The largest absolute Gasteiger partial charge is 0.497 e.